The molecule has 6 rings (SSSR count). The summed E-state index contributed by atoms with van der Waals surface area (Å²) in [6.07, 6.45) is 11.9. The van der Waals surface area contributed by atoms with Crippen LogP contribution in [0.1, 0.15) is 97.6 Å². The van der Waals surface area contributed by atoms with Gasteiger partial charge in [0.15, 0.2) is 5.78 Å². The van der Waals surface area contributed by atoms with Crippen molar-refractivity contribution in [2.75, 3.05) is 0 Å². The van der Waals surface area contributed by atoms with Crippen molar-refractivity contribution in [2.24, 2.45) is 45.3 Å². The Morgan fingerprint density at radius 2 is 1.67 bits per heavy atom. The number of benzene rings is 1. The third-order valence-electron chi connectivity index (χ3n) is 13.9. The third-order valence-corrected chi connectivity index (χ3v) is 13.9. The molecular formula is C41H49N3O2. The Labute approximate surface area is 275 Å². The van der Waals surface area contributed by atoms with E-state index in [1.54, 1.807) is 0 Å². The molecule has 5 heteroatoms. The highest BCUT2D eigenvalue weighted by molar-refractivity contribution is 5.99. The van der Waals surface area contributed by atoms with Crippen molar-refractivity contribution in [3.63, 3.8) is 0 Å². The van der Waals surface area contributed by atoms with Gasteiger partial charge in [0.25, 0.3) is 0 Å². The maximum Gasteiger partial charge on any atom is 0.245 e. The number of hydrogen-bond donors (Lipinski definition) is 1. The van der Waals surface area contributed by atoms with Gasteiger partial charge in [-0.1, -0.05) is 89.6 Å². The van der Waals surface area contributed by atoms with Gasteiger partial charge in [-0.05, 0) is 103 Å². The molecule has 46 heavy (non-hydrogen) atoms. The first-order valence-electron chi connectivity index (χ1n) is 17.1. The van der Waals surface area contributed by atoms with E-state index in [1.807, 2.05) is 37.3 Å². The molecule has 3 fully saturated rings. The van der Waals surface area contributed by atoms with Crippen LogP contribution in [0.15, 0.2) is 65.8 Å². The summed E-state index contributed by atoms with van der Waals surface area (Å²) in [4.78, 5) is 28.5. The maximum atomic E-state index is 14.7. The number of carbonyl (C=O) groups excluding carboxylic acids is 2. The highest BCUT2D eigenvalue weighted by Gasteiger charge is 2.69. The molecule has 0 aromatic heterocycles. The van der Waals surface area contributed by atoms with E-state index in [2.05, 4.69) is 71.7 Å². The molecule has 0 saturated heterocycles. The Balaban J connectivity index is 1.41. The van der Waals surface area contributed by atoms with Crippen molar-refractivity contribution >= 4 is 17.3 Å². The monoisotopic (exact) mass is 615 g/mol. The predicted molar refractivity (Wildman–Crippen MR) is 182 cm³/mol. The largest absolute Gasteiger partial charge is 0.347 e. The van der Waals surface area contributed by atoms with Crippen molar-refractivity contribution in [3.05, 3.63) is 76.9 Å². The molecule has 0 heterocycles. The van der Waals surface area contributed by atoms with Gasteiger partial charge in [-0.15, -0.1) is 0 Å². The van der Waals surface area contributed by atoms with Crippen molar-refractivity contribution in [1.82, 2.24) is 5.32 Å². The van der Waals surface area contributed by atoms with Gasteiger partial charge < -0.3 is 5.32 Å². The van der Waals surface area contributed by atoms with Crippen LogP contribution in [0.4, 0.5) is 0 Å². The number of fused-ring (bicyclic) bond motifs is 7. The van der Waals surface area contributed by atoms with Crippen molar-refractivity contribution < 1.29 is 9.59 Å². The second-order valence-electron chi connectivity index (χ2n) is 16.8. The van der Waals surface area contributed by atoms with Crippen LogP contribution in [0.2, 0.25) is 0 Å². The second kappa shape index (κ2) is 10.7. The topological polar surface area (TPSA) is 93.8 Å². The quantitative estimate of drug-likeness (QED) is 0.272. The molecule has 5 aliphatic carbocycles. The lowest BCUT2D eigenvalue weighted by Gasteiger charge is -2.69. The fourth-order valence-corrected chi connectivity index (χ4v) is 10.9. The zero-order valence-electron chi connectivity index (χ0n) is 28.7. The molecule has 0 spiro atoms. The molecule has 0 aliphatic heterocycles. The van der Waals surface area contributed by atoms with Crippen molar-refractivity contribution in [2.45, 2.75) is 99.0 Å². The van der Waals surface area contributed by atoms with Crippen molar-refractivity contribution in [1.29, 1.82) is 10.5 Å². The van der Waals surface area contributed by atoms with E-state index in [1.165, 1.54) is 11.6 Å². The van der Waals surface area contributed by atoms with Gasteiger partial charge in [-0.2, -0.15) is 10.5 Å². The average Bonchev–Trinajstić information content (AvgIpc) is 3.00. The Kier molecular flexibility index (Phi) is 7.48. The molecule has 0 bridgehead atoms. The molecule has 1 amide bonds. The average molecular weight is 616 g/mol. The second-order valence-corrected chi connectivity index (χ2v) is 16.8. The van der Waals surface area contributed by atoms with Crippen LogP contribution in [0.25, 0.3) is 5.57 Å². The maximum absolute atomic E-state index is 14.7. The van der Waals surface area contributed by atoms with Gasteiger partial charge >= 0.3 is 0 Å². The minimum Gasteiger partial charge on any atom is -0.347 e. The first-order valence-corrected chi connectivity index (χ1v) is 17.1. The molecule has 5 aliphatic rings. The lowest BCUT2D eigenvalue weighted by molar-refractivity contribution is -0.161. The molecule has 1 aromatic carbocycles. The van der Waals surface area contributed by atoms with Crippen LogP contribution in [0, 0.1) is 74.9 Å². The van der Waals surface area contributed by atoms with Gasteiger partial charge in [0.2, 0.25) is 5.91 Å². The van der Waals surface area contributed by atoms with E-state index >= 15 is 0 Å². The normalized spacial score (nSPS) is 39.6. The van der Waals surface area contributed by atoms with Gasteiger partial charge in [-0.25, -0.2) is 0 Å². The molecule has 7 unspecified atom stereocenters. The minimum atomic E-state index is -0.509. The Bertz CT molecular complexity index is 1700. The van der Waals surface area contributed by atoms with Gasteiger partial charge in [0.05, 0.1) is 23.3 Å². The number of aryl methyl sites for hydroxylation is 1. The van der Waals surface area contributed by atoms with Gasteiger partial charge in [0, 0.05) is 22.9 Å². The fourth-order valence-electron chi connectivity index (χ4n) is 10.9. The van der Waals surface area contributed by atoms with Crippen LogP contribution < -0.4 is 5.32 Å². The SMILES string of the molecule is C=C1C(C#N)=CC2(C)C3=CC(=O)C4C5CC(C)(C)CCC5(NC(=O)/C=C(\C#N)c5ccc(C)cc5)CC[C@@]4(C)C3(C)CCC2C1C. The van der Waals surface area contributed by atoms with Crippen LogP contribution in [-0.2, 0) is 9.59 Å². The highest BCUT2D eigenvalue weighted by Crippen LogP contribution is 2.72. The number of ketones is 1. The smallest absolute Gasteiger partial charge is 0.245 e. The molecule has 5 nitrogen and oxygen atoms in total. The third kappa shape index (κ3) is 4.60. The van der Waals surface area contributed by atoms with Crippen molar-refractivity contribution in [3.8, 4) is 12.1 Å². The number of nitrogens with zero attached hydrogens (tertiary/aromatic N) is 2. The summed E-state index contributed by atoms with van der Waals surface area (Å²) in [5.74, 6) is 0.163. The molecule has 240 valence electrons. The highest BCUT2D eigenvalue weighted by atomic mass is 16.1. The van der Waals surface area contributed by atoms with Crippen LogP contribution in [-0.4, -0.2) is 17.2 Å². The number of rotatable bonds is 3. The molecule has 1 N–H and O–H groups in total. The van der Waals surface area contributed by atoms with E-state index in [4.69, 9.17) is 0 Å². The number of allylic oxidation sites excluding steroid dienone is 6. The molecule has 8 atom stereocenters. The van der Waals surface area contributed by atoms with E-state index in [9.17, 15) is 20.1 Å². The fraction of sp³-hybridized carbons (Fsp3) is 0.561. The number of amides is 1. The zero-order chi connectivity index (χ0) is 33.4. The summed E-state index contributed by atoms with van der Waals surface area (Å²) in [7, 11) is 0. The first-order chi connectivity index (χ1) is 21.5. The first kappa shape index (κ1) is 32.2. The summed E-state index contributed by atoms with van der Waals surface area (Å²) in [5.41, 5.74) is 3.58. The Hall–Kier alpha value is -3.70. The van der Waals surface area contributed by atoms with Crippen LogP contribution >= 0.6 is 0 Å². The van der Waals surface area contributed by atoms with E-state index < -0.39 is 5.54 Å². The lowest BCUT2D eigenvalue weighted by atomic mass is 9.35. The zero-order valence-corrected chi connectivity index (χ0v) is 28.7. The molecular weight excluding hydrogens is 566 g/mol. The Morgan fingerprint density at radius 3 is 2.33 bits per heavy atom. The summed E-state index contributed by atoms with van der Waals surface area (Å²) in [6, 6.07) is 12.3. The number of carbonyl (C=O) groups is 2. The van der Waals surface area contributed by atoms with E-state index in [0.29, 0.717) is 17.1 Å². The number of nitriles is 2. The van der Waals surface area contributed by atoms with Crippen LogP contribution in [0.3, 0.4) is 0 Å². The van der Waals surface area contributed by atoms with E-state index in [0.717, 1.165) is 61.6 Å². The number of nitrogens with one attached hydrogen (secondary N) is 1. The minimum absolute atomic E-state index is 0.0137. The summed E-state index contributed by atoms with van der Waals surface area (Å²) in [5, 5.41) is 23.4. The van der Waals surface area contributed by atoms with Gasteiger partial charge in [0.1, 0.15) is 0 Å². The van der Waals surface area contributed by atoms with Crippen LogP contribution in [0.5, 0.6) is 0 Å². The lowest BCUT2D eigenvalue weighted by Crippen LogP contribution is -2.69. The standard InChI is InChI=1S/C41H49N3O2/c1-25-9-11-28(12-10-25)29(23-42)19-35(46)44-41-17-15-37(4,5)22-32(41)36-33(45)20-34-38(6)21-30(24-43)26(2)27(3)31(38)13-14-39(34,7)40(36,8)16-18-41/h9-12,19-21,27,31-32,36H,2,13-18,22H2,1,3-8H3,(H,44,46)/b29-19+/t27?,31?,32?,36?,38?,39?,40-,41?/m1/s1. The summed E-state index contributed by atoms with van der Waals surface area (Å²) in [6.45, 7) is 20.1. The molecule has 0 radical (unpaired) electrons. The summed E-state index contributed by atoms with van der Waals surface area (Å²) >= 11 is 0. The van der Waals surface area contributed by atoms with Gasteiger partial charge in [-0.3, -0.25) is 9.59 Å². The summed E-state index contributed by atoms with van der Waals surface area (Å²) < 4.78 is 0. The predicted octanol–water partition coefficient (Wildman–Crippen LogP) is 8.59. The number of hydrogen-bond acceptors (Lipinski definition) is 4. The molecule has 1 aromatic rings. The molecule has 3 saturated carbocycles. The Morgan fingerprint density at radius 1 is 1.00 bits per heavy atom. The van der Waals surface area contributed by atoms with E-state index in [-0.39, 0.29) is 51.1 Å².